The number of carbonyl (C=O) groups excluding carboxylic acids is 1. The Morgan fingerprint density at radius 3 is 2.45 bits per heavy atom. The number of aliphatic carboxylic acids is 1. The van der Waals surface area contributed by atoms with Crippen molar-refractivity contribution in [3.63, 3.8) is 0 Å². The molecule has 0 aromatic heterocycles. The molecule has 5 nitrogen and oxygen atoms in total. The number of carbonyl (C=O) groups is 2. The van der Waals surface area contributed by atoms with Crippen LogP contribution < -0.4 is 5.32 Å². The van der Waals surface area contributed by atoms with E-state index in [1.807, 2.05) is 40.9 Å². The molecule has 2 amide bonds. The molecule has 2 N–H and O–H groups in total. The van der Waals surface area contributed by atoms with E-state index in [9.17, 15) is 9.59 Å². The van der Waals surface area contributed by atoms with Gasteiger partial charge < -0.3 is 15.3 Å². The average molecular weight is 294 g/mol. The summed E-state index contributed by atoms with van der Waals surface area (Å²) in [5, 5.41) is 11.5. The van der Waals surface area contributed by atoms with Crippen molar-refractivity contribution >= 4 is 29.4 Å². The van der Waals surface area contributed by atoms with Gasteiger partial charge in [-0.3, -0.25) is 4.79 Å². The molecule has 0 unspecified atom stereocenters. The van der Waals surface area contributed by atoms with Crippen molar-refractivity contribution in [3.05, 3.63) is 29.8 Å². The molecule has 1 aliphatic rings. The van der Waals surface area contributed by atoms with Gasteiger partial charge in [0.1, 0.15) is 0 Å². The second-order valence-corrected chi connectivity index (χ2v) is 5.84. The SMILES string of the molecule is O=C(O)CCc1ccc(NC(=O)N2CCSCC2)cc1. The molecule has 1 aliphatic heterocycles. The van der Waals surface area contributed by atoms with Gasteiger partial charge in [0.2, 0.25) is 0 Å². The predicted octanol–water partition coefficient (Wildman–Crippen LogP) is 2.28. The summed E-state index contributed by atoms with van der Waals surface area (Å²) in [7, 11) is 0. The minimum absolute atomic E-state index is 0.0661. The second kappa shape index (κ2) is 7.19. The number of rotatable bonds is 4. The largest absolute Gasteiger partial charge is 0.481 e. The maximum atomic E-state index is 12.0. The number of nitrogens with zero attached hydrogens (tertiary/aromatic N) is 1. The molecule has 0 saturated carbocycles. The highest BCUT2D eigenvalue weighted by Crippen LogP contribution is 2.14. The highest BCUT2D eigenvalue weighted by molar-refractivity contribution is 7.99. The number of amides is 2. The van der Waals surface area contributed by atoms with Crippen molar-refractivity contribution in [1.29, 1.82) is 0 Å². The van der Waals surface area contributed by atoms with Crippen LogP contribution in [0.5, 0.6) is 0 Å². The monoisotopic (exact) mass is 294 g/mol. The van der Waals surface area contributed by atoms with Crippen LogP contribution in [-0.2, 0) is 11.2 Å². The van der Waals surface area contributed by atoms with Gasteiger partial charge >= 0.3 is 12.0 Å². The summed E-state index contributed by atoms with van der Waals surface area (Å²) in [5.74, 6) is 1.17. The van der Waals surface area contributed by atoms with E-state index in [-0.39, 0.29) is 12.5 Å². The van der Waals surface area contributed by atoms with Gasteiger partial charge in [-0.05, 0) is 24.1 Å². The van der Waals surface area contributed by atoms with E-state index >= 15 is 0 Å². The number of benzene rings is 1. The first-order valence-electron chi connectivity index (χ1n) is 6.59. The Bertz CT molecular complexity index is 470. The van der Waals surface area contributed by atoms with Crippen molar-refractivity contribution in [3.8, 4) is 0 Å². The number of urea groups is 1. The lowest BCUT2D eigenvalue weighted by molar-refractivity contribution is -0.136. The smallest absolute Gasteiger partial charge is 0.321 e. The minimum atomic E-state index is -0.801. The molecule has 1 aromatic rings. The summed E-state index contributed by atoms with van der Waals surface area (Å²) >= 11 is 1.86. The molecule has 0 spiro atoms. The molecule has 1 aromatic carbocycles. The molecule has 1 fully saturated rings. The second-order valence-electron chi connectivity index (χ2n) is 4.62. The van der Waals surface area contributed by atoms with Gasteiger partial charge in [0.25, 0.3) is 0 Å². The molecule has 1 heterocycles. The molecular formula is C14H18N2O3S. The molecule has 20 heavy (non-hydrogen) atoms. The fourth-order valence-electron chi connectivity index (χ4n) is 1.97. The highest BCUT2D eigenvalue weighted by atomic mass is 32.2. The Labute approximate surface area is 122 Å². The Hall–Kier alpha value is -1.69. The van der Waals surface area contributed by atoms with Gasteiger partial charge in [-0.2, -0.15) is 11.8 Å². The molecule has 0 radical (unpaired) electrons. The number of carboxylic acids is 1. The van der Waals surface area contributed by atoms with Crippen LogP contribution >= 0.6 is 11.8 Å². The van der Waals surface area contributed by atoms with Crippen LogP contribution in [0.2, 0.25) is 0 Å². The quantitative estimate of drug-likeness (QED) is 0.894. The van der Waals surface area contributed by atoms with Crippen molar-refractivity contribution < 1.29 is 14.7 Å². The van der Waals surface area contributed by atoms with Gasteiger partial charge in [-0.1, -0.05) is 12.1 Å². The van der Waals surface area contributed by atoms with Gasteiger partial charge in [0, 0.05) is 36.7 Å². The van der Waals surface area contributed by atoms with Gasteiger partial charge in [-0.25, -0.2) is 4.79 Å². The Balaban J connectivity index is 1.86. The van der Waals surface area contributed by atoms with Crippen molar-refractivity contribution in [2.24, 2.45) is 0 Å². The maximum absolute atomic E-state index is 12.0. The van der Waals surface area contributed by atoms with Gasteiger partial charge in [0.15, 0.2) is 0 Å². The molecule has 0 bridgehead atoms. The van der Waals surface area contributed by atoms with E-state index in [1.165, 1.54) is 0 Å². The lowest BCUT2D eigenvalue weighted by Crippen LogP contribution is -2.40. The zero-order valence-corrected chi connectivity index (χ0v) is 12.0. The van der Waals surface area contributed by atoms with Crippen LogP contribution in [0.15, 0.2) is 24.3 Å². The fourth-order valence-corrected chi connectivity index (χ4v) is 2.88. The summed E-state index contributed by atoms with van der Waals surface area (Å²) in [6, 6.07) is 7.26. The summed E-state index contributed by atoms with van der Waals surface area (Å²) in [4.78, 5) is 24.3. The molecular weight excluding hydrogens is 276 g/mol. The van der Waals surface area contributed by atoms with E-state index in [4.69, 9.17) is 5.11 Å². The zero-order chi connectivity index (χ0) is 14.4. The predicted molar refractivity (Wildman–Crippen MR) is 80.3 cm³/mol. The van der Waals surface area contributed by atoms with E-state index in [2.05, 4.69) is 5.32 Å². The first kappa shape index (κ1) is 14.7. The number of aryl methyl sites for hydroxylation is 1. The number of anilines is 1. The fraction of sp³-hybridized carbons (Fsp3) is 0.429. The number of hydrogen-bond donors (Lipinski definition) is 2. The first-order chi connectivity index (χ1) is 9.65. The third-order valence-electron chi connectivity index (χ3n) is 3.13. The van der Waals surface area contributed by atoms with Crippen LogP contribution in [0.3, 0.4) is 0 Å². The van der Waals surface area contributed by atoms with Crippen LogP contribution in [-0.4, -0.2) is 46.6 Å². The third-order valence-corrected chi connectivity index (χ3v) is 4.07. The molecule has 1 saturated heterocycles. The first-order valence-corrected chi connectivity index (χ1v) is 7.75. The van der Waals surface area contributed by atoms with Crippen molar-refractivity contribution in [2.45, 2.75) is 12.8 Å². The number of carboxylic acid groups (broad SMARTS) is 1. The van der Waals surface area contributed by atoms with Gasteiger partial charge in [0.05, 0.1) is 0 Å². The normalized spacial score (nSPS) is 14.9. The summed E-state index contributed by atoms with van der Waals surface area (Å²) in [5.41, 5.74) is 1.70. The van der Waals surface area contributed by atoms with Crippen LogP contribution in [0.1, 0.15) is 12.0 Å². The highest BCUT2D eigenvalue weighted by Gasteiger charge is 2.16. The van der Waals surface area contributed by atoms with Crippen molar-refractivity contribution in [2.75, 3.05) is 29.9 Å². The van der Waals surface area contributed by atoms with Crippen LogP contribution in [0.25, 0.3) is 0 Å². The topological polar surface area (TPSA) is 69.6 Å². The molecule has 0 aliphatic carbocycles. The number of hydrogen-bond acceptors (Lipinski definition) is 3. The molecule has 2 rings (SSSR count). The molecule has 6 heteroatoms. The van der Waals surface area contributed by atoms with Crippen molar-refractivity contribution in [1.82, 2.24) is 4.90 Å². The minimum Gasteiger partial charge on any atom is -0.481 e. The standard InChI is InChI=1S/C14H18N2O3S/c17-13(18)6-3-11-1-4-12(5-2-11)15-14(19)16-7-9-20-10-8-16/h1-2,4-5H,3,6-10H2,(H,15,19)(H,17,18). The Morgan fingerprint density at radius 1 is 1.20 bits per heavy atom. The Kier molecular flexibility index (Phi) is 5.29. The average Bonchev–Trinajstić information content (AvgIpc) is 2.47. The summed E-state index contributed by atoms with van der Waals surface area (Å²) < 4.78 is 0. The van der Waals surface area contributed by atoms with Gasteiger partial charge in [-0.15, -0.1) is 0 Å². The third kappa shape index (κ3) is 4.45. The maximum Gasteiger partial charge on any atom is 0.321 e. The molecule has 108 valence electrons. The van der Waals surface area contributed by atoms with E-state index in [1.54, 1.807) is 0 Å². The number of thioether (sulfide) groups is 1. The van der Waals surface area contributed by atoms with E-state index in [0.717, 1.165) is 35.8 Å². The zero-order valence-electron chi connectivity index (χ0n) is 11.2. The summed E-state index contributed by atoms with van der Waals surface area (Å²) in [6.45, 7) is 1.57. The van der Waals surface area contributed by atoms with Crippen LogP contribution in [0, 0.1) is 0 Å². The lowest BCUT2D eigenvalue weighted by Gasteiger charge is -2.26. The van der Waals surface area contributed by atoms with E-state index in [0.29, 0.717) is 6.42 Å². The molecule has 0 atom stereocenters. The van der Waals surface area contributed by atoms with E-state index < -0.39 is 5.97 Å². The summed E-state index contributed by atoms with van der Waals surface area (Å²) in [6.07, 6.45) is 0.629. The number of nitrogens with one attached hydrogen (secondary N) is 1. The lowest BCUT2D eigenvalue weighted by atomic mass is 10.1. The van der Waals surface area contributed by atoms with Crippen LogP contribution in [0.4, 0.5) is 10.5 Å². The Morgan fingerprint density at radius 2 is 1.85 bits per heavy atom.